The van der Waals surface area contributed by atoms with E-state index in [2.05, 4.69) is 5.10 Å². The van der Waals surface area contributed by atoms with Crippen molar-refractivity contribution < 1.29 is 4.79 Å². The van der Waals surface area contributed by atoms with Gasteiger partial charge in [-0.15, -0.1) is 11.6 Å². The van der Waals surface area contributed by atoms with Gasteiger partial charge in [0.25, 0.3) is 5.91 Å². The standard InChI is InChI=1S/C13H20ClN3O/c1-8-12(9(2)17(4)15-8)13(18)16(3)7-10-5-11(14)6-10/h10-11H,5-7H2,1-4H3. The Morgan fingerprint density at radius 2 is 2.11 bits per heavy atom. The fourth-order valence-electron chi connectivity index (χ4n) is 2.55. The molecule has 0 aromatic carbocycles. The van der Waals surface area contributed by atoms with Crippen molar-refractivity contribution in [2.45, 2.75) is 32.1 Å². The highest BCUT2D eigenvalue weighted by Gasteiger charge is 2.30. The SMILES string of the molecule is Cc1nn(C)c(C)c1C(=O)N(C)CC1CC(Cl)C1. The summed E-state index contributed by atoms with van der Waals surface area (Å²) < 4.78 is 1.76. The summed E-state index contributed by atoms with van der Waals surface area (Å²) in [7, 11) is 3.72. The van der Waals surface area contributed by atoms with Crippen molar-refractivity contribution in [1.29, 1.82) is 0 Å². The number of nitrogens with zero attached hydrogens (tertiary/aromatic N) is 3. The highest BCUT2D eigenvalue weighted by Crippen LogP contribution is 2.32. The lowest BCUT2D eigenvalue weighted by molar-refractivity contribution is 0.0745. The maximum atomic E-state index is 12.4. The van der Waals surface area contributed by atoms with Gasteiger partial charge in [0.15, 0.2) is 0 Å². The van der Waals surface area contributed by atoms with Crippen LogP contribution in [0.1, 0.15) is 34.6 Å². The third-order valence-electron chi connectivity index (χ3n) is 3.78. The lowest BCUT2D eigenvalue weighted by Gasteiger charge is -2.34. The van der Waals surface area contributed by atoms with Gasteiger partial charge < -0.3 is 4.90 Å². The van der Waals surface area contributed by atoms with Crippen LogP contribution in [0.2, 0.25) is 0 Å². The molecule has 1 aromatic rings. The zero-order valence-corrected chi connectivity index (χ0v) is 12.2. The van der Waals surface area contributed by atoms with Crippen molar-refractivity contribution in [2.24, 2.45) is 13.0 Å². The number of halogens is 1. The number of hydrogen-bond acceptors (Lipinski definition) is 2. The van der Waals surface area contributed by atoms with E-state index < -0.39 is 0 Å². The molecule has 0 bridgehead atoms. The number of amides is 1. The maximum Gasteiger partial charge on any atom is 0.257 e. The number of alkyl halides is 1. The third-order valence-corrected chi connectivity index (χ3v) is 4.14. The molecule has 0 atom stereocenters. The van der Waals surface area contributed by atoms with Crippen molar-refractivity contribution in [3.8, 4) is 0 Å². The second-order valence-electron chi connectivity index (χ2n) is 5.29. The number of hydrogen-bond donors (Lipinski definition) is 0. The third kappa shape index (κ3) is 2.39. The highest BCUT2D eigenvalue weighted by atomic mass is 35.5. The number of rotatable bonds is 3. The number of carbonyl (C=O) groups is 1. The second-order valence-corrected chi connectivity index (χ2v) is 5.91. The van der Waals surface area contributed by atoms with Crippen molar-refractivity contribution >= 4 is 17.5 Å². The van der Waals surface area contributed by atoms with E-state index in [0.29, 0.717) is 11.3 Å². The van der Waals surface area contributed by atoms with Crippen LogP contribution >= 0.6 is 11.6 Å². The van der Waals surface area contributed by atoms with Gasteiger partial charge >= 0.3 is 0 Å². The quantitative estimate of drug-likeness (QED) is 0.789. The normalized spacial score (nSPS) is 22.7. The van der Waals surface area contributed by atoms with Gasteiger partial charge in [0.05, 0.1) is 11.3 Å². The molecular formula is C13H20ClN3O. The molecule has 0 radical (unpaired) electrons. The fraction of sp³-hybridized carbons (Fsp3) is 0.692. The number of aryl methyl sites for hydroxylation is 2. The monoisotopic (exact) mass is 269 g/mol. The van der Waals surface area contributed by atoms with E-state index >= 15 is 0 Å². The average molecular weight is 270 g/mol. The molecule has 1 saturated carbocycles. The topological polar surface area (TPSA) is 38.1 Å². The van der Waals surface area contributed by atoms with Crippen molar-refractivity contribution in [2.75, 3.05) is 13.6 Å². The molecule has 5 heteroatoms. The smallest absolute Gasteiger partial charge is 0.257 e. The molecule has 0 aliphatic heterocycles. The highest BCUT2D eigenvalue weighted by molar-refractivity contribution is 6.21. The Morgan fingerprint density at radius 3 is 2.56 bits per heavy atom. The predicted octanol–water partition coefficient (Wildman–Crippen LogP) is 2.13. The molecule has 100 valence electrons. The fourth-order valence-corrected chi connectivity index (χ4v) is 3.05. The Balaban J connectivity index is 2.06. The Labute approximate surface area is 113 Å². The largest absolute Gasteiger partial charge is 0.341 e. The average Bonchev–Trinajstić information content (AvgIpc) is 2.50. The van der Waals surface area contributed by atoms with Crippen LogP contribution in [-0.2, 0) is 7.05 Å². The van der Waals surface area contributed by atoms with Crippen molar-refractivity contribution in [3.05, 3.63) is 17.0 Å². The molecule has 1 amide bonds. The molecule has 1 aliphatic rings. The summed E-state index contributed by atoms with van der Waals surface area (Å²) in [5.74, 6) is 0.620. The Hall–Kier alpha value is -1.03. The van der Waals surface area contributed by atoms with E-state index in [4.69, 9.17) is 11.6 Å². The lowest BCUT2D eigenvalue weighted by Crippen LogP contribution is -2.38. The van der Waals surface area contributed by atoms with E-state index in [0.717, 1.165) is 36.3 Å². The van der Waals surface area contributed by atoms with Crippen LogP contribution in [-0.4, -0.2) is 39.6 Å². The zero-order chi connectivity index (χ0) is 13.4. The summed E-state index contributed by atoms with van der Waals surface area (Å²) in [6.07, 6.45) is 2.04. The van der Waals surface area contributed by atoms with Crippen LogP contribution in [0.4, 0.5) is 0 Å². The first-order valence-electron chi connectivity index (χ1n) is 6.30. The molecule has 4 nitrogen and oxygen atoms in total. The minimum atomic E-state index is 0.0659. The second kappa shape index (κ2) is 4.92. The molecule has 18 heavy (non-hydrogen) atoms. The van der Waals surface area contributed by atoms with E-state index in [-0.39, 0.29) is 5.91 Å². The Morgan fingerprint density at radius 1 is 1.50 bits per heavy atom. The van der Waals surface area contributed by atoms with Gasteiger partial charge in [0.2, 0.25) is 0 Å². The molecule has 0 N–H and O–H groups in total. The first-order valence-corrected chi connectivity index (χ1v) is 6.73. The van der Waals surface area contributed by atoms with Crippen LogP contribution in [0.3, 0.4) is 0 Å². The van der Waals surface area contributed by atoms with Crippen LogP contribution < -0.4 is 0 Å². The molecule has 1 heterocycles. The molecule has 0 spiro atoms. The van der Waals surface area contributed by atoms with Crippen molar-refractivity contribution in [1.82, 2.24) is 14.7 Å². The summed E-state index contributed by atoms with van der Waals surface area (Å²) in [4.78, 5) is 14.2. The van der Waals surface area contributed by atoms with Gasteiger partial charge in [-0.25, -0.2) is 0 Å². The summed E-state index contributed by atoms with van der Waals surface area (Å²) in [6, 6.07) is 0. The number of aromatic nitrogens is 2. The summed E-state index contributed by atoms with van der Waals surface area (Å²) in [5, 5.41) is 4.59. The Bertz CT molecular complexity index is 463. The zero-order valence-electron chi connectivity index (χ0n) is 11.4. The van der Waals surface area contributed by atoms with Gasteiger partial charge in [-0.1, -0.05) is 0 Å². The molecule has 1 aliphatic carbocycles. The Kier molecular flexibility index (Phi) is 3.66. The van der Waals surface area contributed by atoms with E-state index in [9.17, 15) is 4.79 Å². The minimum absolute atomic E-state index is 0.0659. The van der Waals surface area contributed by atoms with Crippen LogP contribution in [0.15, 0.2) is 0 Å². The van der Waals surface area contributed by atoms with Gasteiger partial charge in [-0.2, -0.15) is 5.10 Å². The number of carbonyl (C=O) groups excluding carboxylic acids is 1. The molecule has 1 aromatic heterocycles. The van der Waals surface area contributed by atoms with Gasteiger partial charge in [0.1, 0.15) is 0 Å². The van der Waals surface area contributed by atoms with E-state index in [1.54, 1.807) is 9.58 Å². The minimum Gasteiger partial charge on any atom is -0.341 e. The van der Waals surface area contributed by atoms with Crippen LogP contribution in [0, 0.1) is 19.8 Å². The molecule has 0 saturated heterocycles. The summed E-state index contributed by atoms with van der Waals surface area (Å²) in [6.45, 7) is 4.60. The molecule has 2 rings (SSSR count). The summed E-state index contributed by atoms with van der Waals surface area (Å²) in [5.41, 5.74) is 2.46. The first-order chi connectivity index (χ1) is 8.40. The first kappa shape index (κ1) is 13.4. The van der Waals surface area contributed by atoms with Gasteiger partial charge in [-0.05, 0) is 32.6 Å². The van der Waals surface area contributed by atoms with E-state index in [1.807, 2.05) is 27.9 Å². The molecule has 0 unspecified atom stereocenters. The van der Waals surface area contributed by atoms with Crippen molar-refractivity contribution in [3.63, 3.8) is 0 Å². The van der Waals surface area contributed by atoms with E-state index in [1.165, 1.54) is 0 Å². The predicted molar refractivity (Wildman–Crippen MR) is 72.0 cm³/mol. The van der Waals surface area contributed by atoms with Gasteiger partial charge in [0, 0.05) is 31.7 Å². The van der Waals surface area contributed by atoms with Gasteiger partial charge in [-0.3, -0.25) is 9.48 Å². The maximum absolute atomic E-state index is 12.4. The molecular weight excluding hydrogens is 250 g/mol. The summed E-state index contributed by atoms with van der Waals surface area (Å²) >= 11 is 5.96. The van der Waals surface area contributed by atoms with Crippen LogP contribution in [0.25, 0.3) is 0 Å². The lowest BCUT2D eigenvalue weighted by atomic mass is 9.84. The molecule has 1 fully saturated rings. The van der Waals surface area contributed by atoms with Crippen LogP contribution in [0.5, 0.6) is 0 Å².